The van der Waals surface area contributed by atoms with Crippen LogP contribution in [0.25, 0.3) is 0 Å². The van der Waals surface area contributed by atoms with Crippen LogP contribution in [0.2, 0.25) is 0 Å². The molecule has 0 radical (unpaired) electrons. The number of esters is 1. The predicted molar refractivity (Wildman–Crippen MR) is 71.7 cm³/mol. The summed E-state index contributed by atoms with van der Waals surface area (Å²) in [5.41, 5.74) is 0.910. The van der Waals surface area contributed by atoms with Crippen molar-refractivity contribution >= 4 is 29.5 Å². The minimum absolute atomic E-state index is 0.165. The van der Waals surface area contributed by atoms with Gasteiger partial charge in [-0.3, -0.25) is 4.98 Å². The zero-order valence-electron chi connectivity index (χ0n) is 9.46. The van der Waals surface area contributed by atoms with Gasteiger partial charge in [-0.15, -0.1) is 23.5 Å². The smallest absolute Gasteiger partial charge is 0.330 e. The summed E-state index contributed by atoms with van der Waals surface area (Å²) in [4.78, 5) is 16.9. The summed E-state index contributed by atoms with van der Waals surface area (Å²) in [7, 11) is 0. The number of rotatable bonds is 3. The molecule has 1 fully saturated rings. The molecule has 0 saturated carbocycles. The molecule has 0 amide bonds. The molecule has 1 aliphatic heterocycles. The molecule has 2 unspecified atom stereocenters. The van der Waals surface area contributed by atoms with Gasteiger partial charge in [-0.2, -0.15) is 0 Å². The van der Waals surface area contributed by atoms with Gasteiger partial charge < -0.3 is 4.74 Å². The number of aromatic nitrogens is 1. The van der Waals surface area contributed by atoms with Gasteiger partial charge in [0.05, 0.1) is 0 Å². The van der Waals surface area contributed by atoms with Crippen molar-refractivity contribution in [2.75, 3.05) is 5.75 Å². The normalized spacial score (nSPS) is 21.2. The maximum absolute atomic E-state index is 11.8. The van der Waals surface area contributed by atoms with E-state index in [1.807, 2.05) is 19.1 Å². The third-order valence-electron chi connectivity index (χ3n) is 2.31. The van der Waals surface area contributed by atoms with Gasteiger partial charge in [-0.05, 0) is 17.9 Å². The van der Waals surface area contributed by atoms with Crippen LogP contribution in [0.15, 0.2) is 36.0 Å². The van der Waals surface area contributed by atoms with Crippen molar-refractivity contribution in [3.63, 3.8) is 0 Å². The number of carbonyl (C=O) groups excluding carboxylic acids is 1. The Kier molecular flexibility index (Phi) is 4.12. The van der Waals surface area contributed by atoms with Crippen molar-refractivity contribution < 1.29 is 9.53 Å². The number of ether oxygens (including phenoxy) is 1. The molecule has 2 rings (SSSR count). The first kappa shape index (κ1) is 12.5. The van der Waals surface area contributed by atoms with Crippen molar-refractivity contribution in [3.8, 4) is 0 Å². The van der Waals surface area contributed by atoms with Crippen molar-refractivity contribution in [1.82, 2.24) is 4.98 Å². The van der Waals surface area contributed by atoms with Crippen LogP contribution in [0.4, 0.5) is 0 Å². The molecule has 1 aromatic rings. The summed E-state index contributed by atoms with van der Waals surface area (Å²) >= 11 is 3.06. The average molecular weight is 267 g/mol. The Labute approximate surface area is 109 Å². The Morgan fingerprint density at radius 2 is 2.53 bits per heavy atom. The van der Waals surface area contributed by atoms with E-state index in [4.69, 9.17) is 4.74 Å². The van der Waals surface area contributed by atoms with Crippen molar-refractivity contribution in [2.45, 2.75) is 17.6 Å². The van der Waals surface area contributed by atoms with Crippen LogP contribution in [0.3, 0.4) is 0 Å². The van der Waals surface area contributed by atoms with E-state index in [2.05, 4.69) is 11.6 Å². The lowest BCUT2D eigenvalue weighted by Crippen LogP contribution is -2.17. The highest BCUT2D eigenvalue weighted by Crippen LogP contribution is 2.40. The van der Waals surface area contributed by atoms with E-state index in [1.54, 1.807) is 24.2 Å². The Morgan fingerprint density at radius 3 is 3.12 bits per heavy atom. The molecule has 3 nitrogen and oxygen atoms in total. The van der Waals surface area contributed by atoms with Gasteiger partial charge in [0.15, 0.2) is 4.58 Å². The largest absolute Gasteiger partial charge is 0.456 e. The SMILES string of the molecule is C=C1CSC(C(=O)OC(C)c2cccnc2)S1. The maximum atomic E-state index is 11.8. The molecule has 2 heterocycles. The van der Waals surface area contributed by atoms with Gasteiger partial charge in [0.2, 0.25) is 0 Å². The number of carbonyl (C=O) groups is 1. The first-order valence-electron chi connectivity index (χ1n) is 5.23. The maximum Gasteiger partial charge on any atom is 0.330 e. The van der Waals surface area contributed by atoms with Gasteiger partial charge in [0, 0.05) is 23.7 Å². The number of hydrogen-bond donors (Lipinski definition) is 0. The number of thioether (sulfide) groups is 2. The van der Waals surface area contributed by atoms with E-state index in [9.17, 15) is 4.79 Å². The fourth-order valence-electron chi connectivity index (χ4n) is 1.42. The van der Waals surface area contributed by atoms with Crippen molar-refractivity contribution in [2.24, 2.45) is 0 Å². The lowest BCUT2D eigenvalue weighted by molar-refractivity contribution is -0.146. The summed E-state index contributed by atoms with van der Waals surface area (Å²) < 4.78 is 5.24. The molecule has 5 heteroatoms. The van der Waals surface area contributed by atoms with Gasteiger partial charge in [-0.25, -0.2) is 4.79 Å². The summed E-state index contributed by atoms with van der Waals surface area (Å²) in [5.74, 6) is 0.640. The van der Waals surface area contributed by atoms with Crippen LogP contribution in [-0.4, -0.2) is 21.3 Å². The molecule has 0 N–H and O–H groups in total. The highest BCUT2D eigenvalue weighted by molar-refractivity contribution is 8.23. The van der Waals surface area contributed by atoms with Crippen LogP contribution >= 0.6 is 23.5 Å². The zero-order chi connectivity index (χ0) is 12.3. The summed E-state index contributed by atoms with van der Waals surface area (Å²) in [6, 6.07) is 3.74. The highest BCUT2D eigenvalue weighted by atomic mass is 32.2. The number of pyridine rings is 1. The molecule has 2 atom stereocenters. The zero-order valence-corrected chi connectivity index (χ0v) is 11.1. The molecule has 1 saturated heterocycles. The van der Waals surface area contributed by atoms with E-state index in [1.165, 1.54) is 11.8 Å². The fourth-order valence-corrected chi connectivity index (χ4v) is 3.76. The van der Waals surface area contributed by atoms with Crippen molar-refractivity contribution in [3.05, 3.63) is 41.6 Å². The average Bonchev–Trinajstić information content (AvgIpc) is 2.77. The predicted octanol–water partition coefficient (Wildman–Crippen LogP) is 3.01. The Morgan fingerprint density at radius 1 is 1.71 bits per heavy atom. The first-order chi connectivity index (χ1) is 8.16. The first-order valence-corrected chi connectivity index (χ1v) is 7.16. The Hall–Kier alpha value is -0.940. The topological polar surface area (TPSA) is 39.2 Å². The van der Waals surface area contributed by atoms with Crippen LogP contribution in [0.5, 0.6) is 0 Å². The summed E-state index contributed by atoms with van der Waals surface area (Å²) in [5, 5.41) is 0. The standard InChI is InChI=1S/C12H13NO2S2/c1-8-7-16-12(17-8)11(14)15-9(2)10-4-3-5-13-6-10/h3-6,9,12H,1,7H2,2H3. The van der Waals surface area contributed by atoms with E-state index < -0.39 is 0 Å². The number of nitrogens with zero attached hydrogens (tertiary/aromatic N) is 1. The van der Waals surface area contributed by atoms with Gasteiger partial charge in [0.25, 0.3) is 0 Å². The second-order valence-corrected chi connectivity index (χ2v) is 6.34. The Balaban J connectivity index is 1.93. The lowest BCUT2D eigenvalue weighted by Gasteiger charge is -2.15. The molecule has 90 valence electrons. The van der Waals surface area contributed by atoms with Crippen LogP contribution in [-0.2, 0) is 9.53 Å². The third-order valence-corrected chi connectivity index (χ3v) is 5.08. The monoisotopic (exact) mass is 267 g/mol. The summed E-state index contributed by atoms with van der Waals surface area (Å²) in [6.45, 7) is 5.70. The Bertz CT molecular complexity index is 422. The van der Waals surface area contributed by atoms with E-state index in [0.717, 1.165) is 16.2 Å². The molecular weight excluding hydrogens is 254 g/mol. The van der Waals surface area contributed by atoms with E-state index in [-0.39, 0.29) is 16.7 Å². The van der Waals surface area contributed by atoms with Gasteiger partial charge >= 0.3 is 5.97 Å². The highest BCUT2D eigenvalue weighted by Gasteiger charge is 2.29. The molecule has 1 aromatic heterocycles. The molecule has 0 aromatic carbocycles. The molecule has 1 aliphatic rings. The lowest BCUT2D eigenvalue weighted by atomic mass is 10.2. The van der Waals surface area contributed by atoms with Crippen LogP contribution in [0, 0.1) is 0 Å². The van der Waals surface area contributed by atoms with E-state index in [0.29, 0.717) is 0 Å². The van der Waals surface area contributed by atoms with E-state index >= 15 is 0 Å². The molecule has 0 bridgehead atoms. The van der Waals surface area contributed by atoms with Gasteiger partial charge in [-0.1, -0.05) is 12.6 Å². The molecule has 0 spiro atoms. The van der Waals surface area contributed by atoms with Crippen LogP contribution < -0.4 is 0 Å². The van der Waals surface area contributed by atoms with Crippen molar-refractivity contribution in [1.29, 1.82) is 0 Å². The molecule has 0 aliphatic carbocycles. The third kappa shape index (κ3) is 3.26. The fraction of sp³-hybridized carbons (Fsp3) is 0.333. The minimum atomic E-state index is -0.258. The quantitative estimate of drug-likeness (QED) is 0.787. The molecule has 17 heavy (non-hydrogen) atoms. The second kappa shape index (κ2) is 5.60. The van der Waals surface area contributed by atoms with Gasteiger partial charge in [0.1, 0.15) is 6.10 Å². The number of hydrogen-bond acceptors (Lipinski definition) is 5. The second-order valence-electron chi connectivity index (χ2n) is 3.66. The minimum Gasteiger partial charge on any atom is -0.456 e. The molecular formula is C12H13NO2S2. The van der Waals surface area contributed by atoms with Crippen LogP contribution in [0.1, 0.15) is 18.6 Å². The summed E-state index contributed by atoms with van der Waals surface area (Å²) in [6.07, 6.45) is 3.16.